The van der Waals surface area contributed by atoms with E-state index in [-0.39, 0.29) is 24.8 Å². The largest absolute Gasteiger partial charge is 0.471 e. The van der Waals surface area contributed by atoms with Crippen molar-refractivity contribution >= 4 is 11.9 Å². The van der Waals surface area contributed by atoms with E-state index < -0.39 is 18.1 Å². The third kappa shape index (κ3) is 4.94. The van der Waals surface area contributed by atoms with Crippen molar-refractivity contribution in [3.05, 3.63) is 35.7 Å². The van der Waals surface area contributed by atoms with Gasteiger partial charge in [-0.25, -0.2) is 4.79 Å². The molecular weight excluding hydrogens is 355 g/mol. The van der Waals surface area contributed by atoms with Gasteiger partial charge < -0.3 is 20.1 Å². The minimum Gasteiger partial charge on any atom is -0.358 e. The number of hydrogen-bond donors (Lipinski definition) is 2. The van der Waals surface area contributed by atoms with Crippen LogP contribution >= 0.6 is 0 Å². The average Bonchev–Trinajstić information content (AvgIpc) is 3.10. The Morgan fingerprint density at radius 3 is 2.42 bits per heavy atom. The minimum absolute atomic E-state index is 0.0827. The quantitative estimate of drug-likeness (QED) is 0.832. The van der Waals surface area contributed by atoms with Gasteiger partial charge in [-0.3, -0.25) is 4.79 Å². The Labute approximate surface area is 146 Å². The molecule has 2 aromatic rings. The Morgan fingerprint density at radius 1 is 1.23 bits per heavy atom. The van der Waals surface area contributed by atoms with Crippen LogP contribution < -0.4 is 10.6 Å². The van der Waals surface area contributed by atoms with Crippen molar-refractivity contribution in [3.63, 3.8) is 0 Å². The van der Waals surface area contributed by atoms with Gasteiger partial charge in [-0.15, -0.1) is 0 Å². The molecule has 1 aromatic carbocycles. The van der Waals surface area contributed by atoms with Crippen molar-refractivity contribution in [1.29, 1.82) is 0 Å². The number of nitrogens with zero attached hydrogens (tertiary/aromatic N) is 3. The predicted molar refractivity (Wildman–Crippen MR) is 83.7 cm³/mol. The summed E-state index contributed by atoms with van der Waals surface area (Å²) in [6.45, 7) is 0.0951. The van der Waals surface area contributed by atoms with E-state index in [4.69, 9.17) is 0 Å². The molecule has 0 radical (unpaired) electrons. The highest BCUT2D eigenvalue weighted by Crippen LogP contribution is 2.29. The summed E-state index contributed by atoms with van der Waals surface area (Å²) in [6, 6.07) is 5.81. The number of likely N-dealkylation sites (N-methyl/N-ethyl adjacent to an activating group) is 2. The van der Waals surface area contributed by atoms with E-state index in [1.165, 1.54) is 31.1 Å². The summed E-state index contributed by atoms with van der Waals surface area (Å²) in [5.41, 5.74) is 1.05. The summed E-state index contributed by atoms with van der Waals surface area (Å²) in [5.74, 6) is -1.90. The molecule has 140 valence electrons. The maximum Gasteiger partial charge on any atom is 0.471 e. The van der Waals surface area contributed by atoms with E-state index in [0.717, 1.165) is 0 Å². The molecule has 0 atom stereocenters. The van der Waals surface area contributed by atoms with Crippen molar-refractivity contribution in [2.24, 2.45) is 0 Å². The molecule has 0 fully saturated rings. The predicted octanol–water partition coefficient (Wildman–Crippen LogP) is 1.64. The lowest BCUT2D eigenvalue weighted by atomic mass is 10.1. The topological polar surface area (TPSA) is 100 Å². The van der Waals surface area contributed by atoms with Gasteiger partial charge in [0.1, 0.15) is 6.54 Å². The highest BCUT2D eigenvalue weighted by molar-refractivity contribution is 5.83. The van der Waals surface area contributed by atoms with E-state index in [1.807, 2.05) is 0 Å². The summed E-state index contributed by atoms with van der Waals surface area (Å²) in [7, 11) is 2.94. The van der Waals surface area contributed by atoms with Crippen LogP contribution in [-0.2, 0) is 17.5 Å². The molecule has 0 saturated carbocycles. The summed E-state index contributed by atoms with van der Waals surface area (Å²) >= 11 is 0. The van der Waals surface area contributed by atoms with Gasteiger partial charge in [-0.2, -0.15) is 18.2 Å². The number of carbonyl (C=O) groups excluding carboxylic acids is 2. The zero-order valence-corrected chi connectivity index (χ0v) is 13.9. The number of carbonyl (C=O) groups is 2. The molecule has 2 N–H and O–H groups in total. The number of urea groups is 1. The maximum absolute atomic E-state index is 12.5. The molecule has 0 spiro atoms. The number of benzene rings is 1. The van der Waals surface area contributed by atoms with Crippen LogP contribution in [0, 0.1) is 0 Å². The first-order valence-corrected chi connectivity index (χ1v) is 7.40. The Kier molecular flexibility index (Phi) is 5.80. The van der Waals surface area contributed by atoms with Crippen molar-refractivity contribution < 1.29 is 27.3 Å². The molecule has 0 saturated heterocycles. The molecule has 1 heterocycles. The summed E-state index contributed by atoms with van der Waals surface area (Å²) < 4.78 is 41.6. The van der Waals surface area contributed by atoms with Gasteiger partial charge in [0.15, 0.2) is 0 Å². The average molecular weight is 371 g/mol. The highest BCUT2D eigenvalue weighted by Gasteiger charge is 2.38. The second-order valence-electron chi connectivity index (χ2n) is 5.31. The number of hydrogen-bond acceptors (Lipinski definition) is 5. The molecule has 3 amide bonds. The van der Waals surface area contributed by atoms with Gasteiger partial charge in [-0.05, 0) is 5.56 Å². The van der Waals surface area contributed by atoms with Crippen molar-refractivity contribution in [2.45, 2.75) is 12.7 Å². The van der Waals surface area contributed by atoms with Crippen molar-refractivity contribution in [1.82, 2.24) is 25.7 Å². The van der Waals surface area contributed by atoms with E-state index >= 15 is 0 Å². The number of halogens is 3. The van der Waals surface area contributed by atoms with Crippen LogP contribution in [0.2, 0.25) is 0 Å². The monoisotopic (exact) mass is 371 g/mol. The Balaban J connectivity index is 1.94. The standard InChI is InChI=1S/C15H16F3N5O3/c1-19-11(24)8-23(2)14(25)20-7-9-3-5-10(6-4-9)12-21-13(26-22-12)15(16,17)18/h3-6H,7-8H2,1-2H3,(H,19,24)(H,20,25). The molecule has 11 heteroatoms. The first-order chi connectivity index (χ1) is 12.2. The fourth-order valence-corrected chi connectivity index (χ4v) is 1.91. The number of nitrogens with one attached hydrogen (secondary N) is 2. The molecule has 0 aliphatic heterocycles. The number of rotatable bonds is 5. The first kappa shape index (κ1) is 19.2. The van der Waals surface area contributed by atoms with Crippen LogP contribution in [0.15, 0.2) is 28.8 Å². The third-order valence-electron chi connectivity index (χ3n) is 3.33. The first-order valence-electron chi connectivity index (χ1n) is 7.40. The zero-order valence-electron chi connectivity index (χ0n) is 13.9. The number of amides is 3. The van der Waals surface area contributed by atoms with Gasteiger partial charge in [-0.1, -0.05) is 29.4 Å². The molecule has 0 unspecified atom stereocenters. The normalized spacial score (nSPS) is 11.1. The van der Waals surface area contributed by atoms with Crippen LogP contribution in [0.25, 0.3) is 11.4 Å². The Hall–Kier alpha value is -3.11. The minimum atomic E-state index is -4.70. The van der Waals surface area contributed by atoms with Crippen LogP contribution in [-0.4, -0.2) is 47.6 Å². The van der Waals surface area contributed by atoms with Gasteiger partial charge in [0.2, 0.25) is 11.7 Å². The van der Waals surface area contributed by atoms with Gasteiger partial charge in [0.25, 0.3) is 0 Å². The van der Waals surface area contributed by atoms with Gasteiger partial charge >= 0.3 is 18.1 Å². The SMILES string of the molecule is CNC(=O)CN(C)C(=O)NCc1ccc(-c2noc(C(F)(F)F)n2)cc1. The molecule has 26 heavy (non-hydrogen) atoms. The smallest absolute Gasteiger partial charge is 0.358 e. The van der Waals surface area contributed by atoms with Gasteiger partial charge in [0, 0.05) is 26.2 Å². The molecule has 0 aliphatic carbocycles. The fourth-order valence-electron chi connectivity index (χ4n) is 1.91. The molecule has 1 aromatic heterocycles. The zero-order chi connectivity index (χ0) is 19.3. The number of alkyl halides is 3. The van der Waals surface area contributed by atoms with Gasteiger partial charge in [0.05, 0.1) is 0 Å². The van der Waals surface area contributed by atoms with Crippen LogP contribution in [0.5, 0.6) is 0 Å². The highest BCUT2D eigenvalue weighted by atomic mass is 19.4. The third-order valence-corrected chi connectivity index (χ3v) is 3.33. The summed E-state index contributed by atoms with van der Waals surface area (Å²) in [4.78, 5) is 27.6. The van der Waals surface area contributed by atoms with E-state index in [1.54, 1.807) is 12.1 Å². The molecule has 0 bridgehead atoms. The molecule has 8 nitrogen and oxygen atoms in total. The lowest BCUT2D eigenvalue weighted by Crippen LogP contribution is -2.42. The van der Waals surface area contributed by atoms with Crippen LogP contribution in [0.4, 0.5) is 18.0 Å². The van der Waals surface area contributed by atoms with Crippen molar-refractivity contribution in [2.75, 3.05) is 20.6 Å². The number of aromatic nitrogens is 2. The Bertz CT molecular complexity index is 774. The fraction of sp³-hybridized carbons (Fsp3) is 0.333. The lowest BCUT2D eigenvalue weighted by molar-refractivity contribution is -0.159. The van der Waals surface area contributed by atoms with Crippen molar-refractivity contribution in [3.8, 4) is 11.4 Å². The molecular formula is C15H16F3N5O3. The second-order valence-corrected chi connectivity index (χ2v) is 5.31. The summed E-state index contributed by atoms with van der Waals surface area (Å²) in [6.07, 6.45) is -4.70. The van der Waals surface area contributed by atoms with E-state index in [9.17, 15) is 22.8 Å². The van der Waals surface area contributed by atoms with E-state index in [0.29, 0.717) is 11.1 Å². The molecule has 0 aliphatic rings. The Morgan fingerprint density at radius 2 is 1.88 bits per heavy atom. The van der Waals surface area contributed by atoms with Crippen LogP contribution in [0.1, 0.15) is 11.5 Å². The second kappa shape index (κ2) is 7.85. The van der Waals surface area contributed by atoms with Crippen LogP contribution in [0.3, 0.4) is 0 Å². The molecule has 2 rings (SSSR count). The summed E-state index contributed by atoms with van der Waals surface area (Å²) in [5, 5.41) is 8.32. The maximum atomic E-state index is 12.5. The van der Waals surface area contributed by atoms with E-state index in [2.05, 4.69) is 25.3 Å². The lowest BCUT2D eigenvalue weighted by Gasteiger charge is -2.17.